The quantitative estimate of drug-likeness (QED) is 0.870. The molecule has 0 aromatic carbocycles. The van der Waals surface area contributed by atoms with Gasteiger partial charge in [-0.05, 0) is 25.8 Å². The maximum Gasteiger partial charge on any atom is 0.253 e. The fraction of sp³-hybridized carbons (Fsp3) is 0.500. The van der Waals surface area contributed by atoms with Crippen molar-refractivity contribution < 1.29 is 9.53 Å². The van der Waals surface area contributed by atoms with Gasteiger partial charge in [0.15, 0.2) is 0 Å². The average Bonchev–Trinajstić information content (AvgIpc) is 2.77. The van der Waals surface area contributed by atoms with Gasteiger partial charge in [-0.15, -0.1) is 0 Å². The van der Waals surface area contributed by atoms with E-state index >= 15 is 0 Å². The second kappa shape index (κ2) is 5.43. The van der Waals surface area contributed by atoms with E-state index in [0.717, 1.165) is 19.4 Å². The predicted octanol–water partition coefficient (Wildman–Crippen LogP) is 2.69. The number of hydrogen-bond acceptors (Lipinski definition) is 3. The zero-order valence-electron chi connectivity index (χ0n) is 10.0. The van der Waals surface area contributed by atoms with Crippen LogP contribution in [0.2, 0.25) is 10.2 Å². The van der Waals surface area contributed by atoms with E-state index in [0.29, 0.717) is 12.1 Å². The number of carbonyl (C=O) groups excluding carboxylic acids is 1. The minimum absolute atomic E-state index is 0.194. The topological polar surface area (TPSA) is 51.2 Å². The lowest BCUT2D eigenvalue weighted by Gasteiger charge is -2.23. The van der Waals surface area contributed by atoms with Crippen LogP contribution < -0.4 is 5.32 Å². The van der Waals surface area contributed by atoms with Crippen LogP contribution in [0.25, 0.3) is 0 Å². The zero-order valence-corrected chi connectivity index (χ0v) is 11.5. The Hall–Kier alpha value is -0.840. The number of aromatic nitrogens is 1. The molecule has 1 aliphatic heterocycles. The van der Waals surface area contributed by atoms with E-state index in [4.69, 9.17) is 27.9 Å². The summed E-state index contributed by atoms with van der Waals surface area (Å²) in [6.07, 6.45) is 3.38. The van der Waals surface area contributed by atoms with Crippen LogP contribution in [0.4, 0.5) is 0 Å². The second-order valence-corrected chi connectivity index (χ2v) is 5.35. The van der Waals surface area contributed by atoms with E-state index in [-0.39, 0.29) is 21.7 Å². The van der Waals surface area contributed by atoms with Crippen LogP contribution in [-0.2, 0) is 4.74 Å². The molecule has 0 bridgehead atoms. The van der Waals surface area contributed by atoms with Crippen LogP contribution in [-0.4, -0.2) is 29.6 Å². The van der Waals surface area contributed by atoms with E-state index in [9.17, 15) is 4.79 Å². The Bertz CT molecular complexity index is 459. The predicted molar refractivity (Wildman–Crippen MR) is 70.2 cm³/mol. The van der Waals surface area contributed by atoms with Crippen LogP contribution in [0.1, 0.15) is 30.1 Å². The molecule has 1 unspecified atom stereocenters. The Morgan fingerprint density at radius 1 is 1.61 bits per heavy atom. The molecule has 1 atom stereocenters. The molecule has 0 radical (unpaired) electrons. The first kappa shape index (κ1) is 13.6. The first-order valence-corrected chi connectivity index (χ1v) is 6.49. The summed E-state index contributed by atoms with van der Waals surface area (Å²) in [5.74, 6) is -0.224. The molecule has 0 aliphatic carbocycles. The molecule has 1 N–H and O–H groups in total. The Balaban J connectivity index is 1.97. The third-order valence-corrected chi connectivity index (χ3v) is 3.67. The van der Waals surface area contributed by atoms with Gasteiger partial charge in [-0.1, -0.05) is 23.2 Å². The number of hydrogen-bond donors (Lipinski definition) is 1. The van der Waals surface area contributed by atoms with Gasteiger partial charge in [0.05, 0.1) is 16.2 Å². The second-order valence-electron chi connectivity index (χ2n) is 4.58. The Morgan fingerprint density at radius 3 is 3.00 bits per heavy atom. The van der Waals surface area contributed by atoms with Crippen LogP contribution in [0.15, 0.2) is 12.3 Å². The van der Waals surface area contributed by atoms with Gasteiger partial charge in [-0.3, -0.25) is 4.79 Å². The molecule has 1 saturated heterocycles. The Kier molecular flexibility index (Phi) is 4.10. The zero-order chi connectivity index (χ0) is 13.2. The lowest BCUT2D eigenvalue weighted by Crippen LogP contribution is -2.40. The van der Waals surface area contributed by atoms with Crippen LogP contribution in [0.5, 0.6) is 0 Å². The van der Waals surface area contributed by atoms with Crippen LogP contribution in [0, 0.1) is 0 Å². The molecule has 0 spiro atoms. The normalized spacial score (nSPS) is 23.1. The lowest BCUT2D eigenvalue weighted by atomic mass is 10.0. The van der Waals surface area contributed by atoms with Crippen molar-refractivity contribution in [1.29, 1.82) is 0 Å². The summed E-state index contributed by atoms with van der Waals surface area (Å²) in [5.41, 5.74) is 0.130. The molecule has 0 saturated carbocycles. The number of amides is 1. The molecule has 2 rings (SSSR count). The van der Waals surface area contributed by atoms with E-state index in [1.54, 1.807) is 0 Å². The highest BCUT2D eigenvalue weighted by Crippen LogP contribution is 2.24. The van der Waals surface area contributed by atoms with Crippen molar-refractivity contribution in [3.63, 3.8) is 0 Å². The minimum atomic E-state index is -0.265. The average molecular weight is 289 g/mol. The summed E-state index contributed by atoms with van der Waals surface area (Å²) in [6, 6.07) is 1.50. The van der Waals surface area contributed by atoms with Crippen molar-refractivity contribution in [1.82, 2.24) is 10.3 Å². The van der Waals surface area contributed by atoms with Gasteiger partial charge in [0, 0.05) is 19.3 Å². The van der Waals surface area contributed by atoms with Gasteiger partial charge in [0.1, 0.15) is 5.15 Å². The highest BCUT2D eigenvalue weighted by molar-refractivity contribution is 6.41. The third-order valence-electron chi connectivity index (χ3n) is 2.98. The van der Waals surface area contributed by atoms with Crippen molar-refractivity contribution in [2.24, 2.45) is 0 Å². The molecule has 6 heteroatoms. The van der Waals surface area contributed by atoms with Crippen molar-refractivity contribution in [2.45, 2.75) is 25.4 Å². The van der Waals surface area contributed by atoms with Gasteiger partial charge in [0.25, 0.3) is 5.91 Å². The van der Waals surface area contributed by atoms with Crippen molar-refractivity contribution in [3.8, 4) is 0 Å². The number of carbonyl (C=O) groups is 1. The van der Waals surface area contributed by atoms with Crippen molar-refractivity contribution in [3.05, 3.63) is 28.0 Å². The van der Waals surface area contributed by atoms with Gasteiger partial charge in [-0.2, -0.15) is 0 Å². The number of nitrogens with one attached hydrogen (secondary N) is 1. The first-order valence-electron chi connectivity index (χ1n) is 5.73. The number of ether oxygens (including phenoxy) is 1. The number of halogens is 2. The van der Waals surface area contributed by atoms with Crippen molar-refractivity contribution >= 4 is 29.1 Å². The lowest BCUT2D eigenvalue weighted by molar-refractivity contribution is 0.0206. The summed E-state index contributed by atoms with van der Waals surface area (Å²) in [6.45, 7) is 3.22. The summed E-state index contributed by atoms with van der Waals surface area (Å²) in [5, 5.41) is 3.29. The van der Waals surface area contributed by atoms with Gasteiger partial charge in [-0.25, -0.2) is 4.98 Å². The van der Waals surface area contributed by atoms with E-state index in [1.165, 1.54) is 12.3 Å². The van der Waals surface area contributed by atoms with Gasteiger partial charge in [0.2, 0.25) is 0 Å². The standard InChI is InChI=1S/C12H14Cl2N2O2/c1-12(3-2-4-18-12)7-16-11(17)8-5-9(13)10(14)15-6-8/h5-6H,2-4,7H2,1H3,(H,16,17). The molecule has 98 valence electrons. The molecule has 2 heterocycles. The Labute approximate surface area is 116 Å². The monoisotopic (exact) mass is 288 g/mol. The highest BCUT2D eigenvalue weighted by Gasteiger charge is 2.30. The summed E-state index contributed by atoms with van der Waals surface area (Å²) in [4.78, 5) is 15.7. The molecule has 1 aliphatic rings. The largest absolute Gasteiger partial charge is 0.373 e. The maximum atomic E-state index is 11.9. The van der Waals surface area contributed by atoms with Crippen molar-refractivity contribution in [2.75, 3.05) is 13.2 Å². The highest BCUT2D eigenvalue weighted by atomic mass is 35.5. The number of rotatable bonds is 3. The number of pyridine rings is 1. The van der Waals surface area contributed by atoms with E-state index < -0.39 is 0 Å². The fourth-order valence-corrected chi connectivity index (χ4v) is 2.16. The number of nitrogens with zero attached hydrogens (tertiary/aromatic N) is 1. The van der Waals surface area contributed by atoms with Crippen LogP contribution in [0.3, 0.4) is 0 Å². The molecule has 4 nitrogen and oxygen atoms in total. The van der Waals surface area contributed by atoms with Crippen LogP contribution >= 0.6 is 23.2 Å². The molecule has 1 fully saturated rings. The van der Waals surface area contributed by atoms with Gasteiger partial charge < -0.3 is 10.1 Å². The van der Waals surface area contributed by atoms with E-state index in [1.807, 2.05) is 6.92 Å². The Morgan fingerprint density at radius 2 is 2.39 bits per heavy atom. The smallest absolute Gasteiger partial charge is 0.253 e. The maximum absolute atomic E-state index is 11.9. The first-order chi connectivity index (χ1) is 8.50. The molecule has 1 amide bonds. The summed E-state index contributed by atoms with van der Waals surface area (Å²) < 4.78 is 5.59. The summed E-state index contributed by atoms with van der Waals surface area (Å²) in [7, 11) is 0. The fourth-order valence-electron chi connectivity index (χ4n) is 1.89. The van der Waals surface area contributed by atoms with Gasteiger partial charge >= 0.3 is 0 Å². The third kappa shape index (κ3) is 3.13. The minimum Gasteiger partial charge on any atom is -0.373 e. The molecule has 1 aromatic rings. The molecule has 18 heavy (non-hydrogen) atoms. The summed E-state index contributed by atoms with van der Waals surface area (Å²) >= 11 is 11.5. The molecular formula is C12H14Cl2N2O2. The SMILES string of the molecule is CC1(CNC(=O)c2cnc(Cl)c(Cl)c2)CCCO1. The molecule has 1 aromatic heterocycles. The van der Waals surface area contributed by atoms with E-state index in [2.05, 4.69) is 10.3 Å². The molecular weight excluding hydrogens is 275 g/mol.